The number of phenols is 2. The SMILES string of the molecule is CCOC(=O)CCC(C#N)=C(c1ccc(O)cc1)c1ccc(O)cc1. The molecule has 2 aromatic carbocycles. The van der Waals surface area contributed by atoms with Gasteiger partial charge in [-0.15, -0.1) is 0 Å². The zero-order valence-electron chi connectivity index (χ0n) is 13.9. The van der Waals surface area contributed by atoms with Crippen molar-refractivity contribution in [1.29, 1.82) is 5.26 Å². The number of nitrogens with zero attached hydrogens (tertiary/aromatic N) is 1. The molecule has 128 valence electrons. The van der Waals surface area contributed by atoms with E-state index in [1.54, 1.807) is 31.2 Å². The van der Waals surface area contributed by atoms with Crippen LogP contribution in [0.4, 0.5) is 0 Å². The van der Waals surface area contributed by atoms with Crippen LogP contribution in [0, 0.1) is 11.3 Å². The number of rotatable bonds is 6. The summed E-state index contributed by atoms with van der Waals surface area (Å²) in [5.74, 6) is -0.108. The van der Waals surface area contributed by atoms with Gasteiger partial charge in [-0.3, -0.25) is 4.79 Å². The Bertz CT molecular complexity index is 752. The van der Waals surface area contributed by atoms with Gasteiger partial charge in [-0.2, -0.15) is 5.26 Å². The van der Waals surface area contributed by atoms with Gasteiger partial charge in [0.1, 0.15) is 11.5 Å². The molecule has 0 unspecified atom stereocenters. The van der Waals surface area contributed by atoms with Crippen molar-refractivity contribution in [3.8, 4) is 17.6 Å². The van der Waals surface area contributed by atoms with E-state index < -0.39 is 0 Å². The predicted octanol–water partition coefficient (Wildman–Crippen LogP) is 3.77. The van der Waals surface area contributed by atoms with E-state index >= 15 is 0 Å². The van der Waals surface area contributed by atoms with Crippen LogP contribution < -0.4 is 0 Å². The molecule has 0 aliphatic carbocycles. The van der Waals surface area contributed by atoms with Gasteiger partial charge >= 0.3 is 5.97 Å². The van der Waals surface area contributed by atoms with E-state index in [0.29, 0.717) is 17.8 Å². The standard InChI is InChI=1S/C20H19NO4/c1-2-25-19(24)12-7-16(13-21)20(14-3-8-17(22)9-4-14)15-5-10-18(23)11-6-15/h3-6,8-11,22-23H,2,7,12H2,1H3. The smallest absolute Gasteiger partial charge is 0.306 e. The van der Waals surface area contributed by atoms with Gasteiger partial charge in [0.25, 0.3) is 0 Å². The fourth-order valence-corrected chi connectivity index (χ4v) is 2.47. The van der Waals surface area contributed by atoms with Crippen LogP contribution in [0.3, 0.4) is 0 Å². The minimum absolute atomic E-state index is 0.108. The molecule has 2 N–H and O–H groups in total. The summed E-state index contributed by atoms with van der Waals surface area (Å²) < 4.78 is 4.92. The van der Waals surface area contributed by atoms with E-state index in [1.807, 2.05) is 0 Å². The minimum atomic E-state index is -0.356. The molecule has 0 saturated carbocycles. The van der Waals surface area contributed by atoms with Crippen LogP contribution in [0.25, 0.3) is 5.57 Å². The number of nitriles is 1. The van der Waals surface area contributed by atoms with Gasteiger partial charge in [-0.25, -0.2) is 0 Å². The first-order valence-corrected chi connectivity index (χ1v) is 7.92. The summed E-state index contributed by atoms with van der Waals surface area (Å²) in [5.41, 5.74) is 2.57. The van der Waals surface area contributed by atoms with Crippen molar-refractivity contribution in [2.75, 3.05) is 6.61 Å². The summed E-state index contributed by atoms with van der Waals surface area (Å²) in [6, 6.07) is 15.2. The maximum atomic E-state index is 11.6. The quantitative estimate of drug-likeness (QED) is 0.618. The monoisotopic (exact) mass is 337 g/mol. The molecule has 0 radical (unpaired) electrons. The maximum absolute atomic E-state index is 11.6. The van der Waals surface area contributed by atoms with E-state index in [-0.39, 0.29) is 30.3 Å². The Hall–Kier alpha value is -3.26. The van der Waals surface area contributed by atoms with Gasteiger partial charge < -0.3 is 14.9 Å². The number of ether oxygens (including phenoxy) is 1. The number of esters is 1. The normalized spacial score (nSPS) is 9.92. The zero-order chi connectivity index (χ0) is 18.2. The lowest BCUT2D eigenvalue weighted by Crippen LogP contribution is -2.04. The second kappa shape index (κ2) is 8.55. The Morgan fingerprint density at radius 3 is 1.84 bits per heavy atom. The van der Waals surface area contributed by atoms with Crippen LogP contribution in [-0.4, -0.2) is 22.8 Å². The van der Waals surface area contributed by atoms with Crippen LogP contribution in [0.5, 0.6) is 11.5 Å². The molecule has 0 saturated heterocycles. The average Bonchev–Trinajstić information content (AvgIpc) is 2.61. The third-order valence-corrected chi connectivity index (χ3v) is 3.63. The Balaban J connectivity index is 2.47. The summed E-state index contributed by atoms with van der Waals surface area (Å²) in [6.45, 7) is 2.03. The third kappa shape index (κ3) is 4.85. The Morgan fingerprint density at radius 1 is 0.960 bits per heavy atom. The van der Waals surface area contributed by atoms with Crippen LogP contribution in [0.15, 0.2) is 54.1 Å². The van der Waals surface area contributed by atoms with Crippen LogP contribution in [0.1, 0.15) is 30.9 Å². The zero-order valence-corrected chi connectivity index (χ0v) is 13.9. The van der Waals surface area contributed by atoms with E-state index in [4.69, 9.17) is 4.74 Å². The van der Waals surface area contributed by atoms with Crippen LogP contribution >= 0.6 is 0 Å². The van der Waals surface area contributed by atoms with Crippen LogP contribution in [-0.2, 0) is 9.53 Å². The van der Waals surface area contributed by atoms with Crippen molar-refractivity contribution in [1.82, 2.24) is 0 Å². The molecule has 0 aromatic heterocycles. The topological polar surface area (TPSA) is 90.6 Å². The minimum Gasteiger partial charge on any atom is -0.508 e. The lowest BCUT2D eigenvalue weighted by Gasteiger charge is -2.12. The summed E-state index contributed by atoms with van der Waals surface area (Å²) in [4.78, 5) is 11.6. The molecule has 0 atom stereocenters. The number of carbonyl (C=O) groups excluding carboxylic acids is 1. The molecule has 0 fully saturated rings. The molecule has 0 amide bonds. The second-order valence-electron chi connectivity index (χ2n) is 5.36. The molecule has 5 heteroatoms. The highest BCUT2D eigenvalue weighted by Gasteiger charge is 2.14. The van der Waals surface area contributed by atoms with Crippen molar-refractivity contribution in [2.24, 2.45) is 0 Å². The van der Waals surface area contributed by atoms with Gasteiger partial charge in [-0.05, 0) is 48.7 Å². The average molecular weight is 337 g/mol. The van der Waals surface area contributed by atoms with Gasteiger partial charge in [0, 0.05) is 11.1 Å². The summed E-state index contributed by atoms with van der Waals surface area (Å²) in [5, 5.41) is 28.6. The van der Waals surface area contributed by atoms with Crippen molar-refractivity contribution in [2.45, 2.75) is 19.8 Å². The van der Waals surface area contributed by atoms with Crippen molar-refractivity contribution >= 4 is 11.5 Å². The van der Waals surface area contributed by atoms with Crippen molar-refractivity contribution in [3.63, 3.8) is 0 Å². The number of allylic oxidation sites excluding steroid dienone is 1. The Kier molecular flexibility index (Phi) is 6.19. The molecule has 0 heterocycles. The highest BCUT2D eigenvalue weighted by atomic mass is 16.5. The van der Waals surface area contributed by atoms with E-state index in [9.17, 15) is 20.3 Å². The fraction of sp³-hybridized carbons (Fsp3) is 0.200. The number of hydrogen-bond donors (Lipinski definition) is 2. The third-order valence-electron chi connectivity index (χ3n) is 3.63. The second-order valence-corrected chi connectivity index (χ2v) is 5.36. The molecule has 0 bridgehead atoms. The summed E-state index contributed by atoms with van der Waals surface area (Å²) >= 11 is 0. The number of phenolic OH excluding ortho intramolecular Hbond substituents is 2. The molecule has 0 aliphatic heterocycles. The van der Waals surface area contributed by atoms with E-state index in [2.05, 4.69) is 6.07 Å². The van der Waals surface area contributed by atoms with E-state index in [0.717, 1.165) is 11.1 Å². The molecule has 0 aliphatic rings. The molecular weight excluding hydrogens is 318 g/mol. The van der Waals surface area contributed by atoms with Crippen molar-refractivity contribution < 1.29 is 19.7 Å². The Morgan fingerprint density at radius 2 is 1.44 bits per heavy atom. The lowest BCUT2D eigenvalue weighted by molar-refractivity contribution is -0.143. The lowest BCUT2D eigenvalue weighted by atomic mass is 9.91. The number of aromatic hydroxyl groups is 2. The maximum Gasteiger partial charge on any atom is 0.306 e. The van der Waals surface area contributed by atoms with Crippen LogP contribution in [0.2, 0.25) is 0 Å². The first-order valence-electron chi connectivity index (χ1n) is 7.92. The molecule has 5 nitrogen and oxygen atoms in total. The molecule has 25 heavy (non-hydrogen) atoms. The largest absolute Gasteiger partial charge is 0.508 e. The summed E-state index contributed by atoms with van der Waals surface area (Å²) in [7, 11) is 0. The molecular formula is C20H19NO4. The first kappa shape index (κ1) is 18.1. The highest BCUT2D eigenvalue weighted by molar-refractivity contribution is 5.85. The number of hydrogen-bond acceptors (Lipinski definition) is 5. The summed E-state index contributed by atoms with van der Waals surface area (Å²) in [6.07, 6.45) is 0.350. The Labute approximate surface area is 146 Å². The fourth-order valence-electron chi connectivity index (χ4n) is 2.47. The predicted molar refractivity (Wildman–Crippen MR) is 93.7 cm³/mol. The molecule has 0 spiro atoms. The first-order chi connectivity index (χ1) is 12.0. The van der Waals surface area contributed by atoms with Gasteiger partial charge in [0.15, 0.2) is 0 Å². The van der Waals surface area contributed by atoms with Gasteiger partial charge in [0.05, 0.1) is 19.1 Å². The van der Waals surface area contributed by atoms with E-state index in [1.165, 1.54) is 24.3 Å². The van der Waals surface area contributed by atoms with Crippen molar-refractivity contribution in [3.05, 3.63) is 65.2 Å². The molecule has 2 rings (SSSR count). The molecule has 2 aromatic rings. The highest BCUT2D eigenvalue weighted by Crippen LogP contribution is 2.31. The number of carbonyl (C=O) groups is 1. The van der Waals surface area contributed by atoms with Gasteiger partial charge in [-0.1, -0.05) is 24.3 Å². The number of benzene rings is 2. The van der Waals surface area contributed by atoms with Gasteiger partial charge in [0.2, 0.25) is 0 Å².